The second-order valence-corrected chi connectivity index (χ2v) is 10.3. The highest BCUT2D eigenvalue weighted by Gasteiger charge is 2.34. The van der Waals surface area contributed by atoms with Crippen molar-refractivity contribution in [3.8, 4) is 22.8 Å². The number of methoxy groups -OCH3 is 2. The van der Waals surface area contributed by atoms with Gasteiger partial charge in [0.1, 0.15) is 5.75 Å². The second kappa shape index (κ2) is 11.3. The normalized spacial score (nSPS) is 13.8. The Morgan fingerprint density at radius 3 is 2.17 bits per heavy atom. The minimum absolute atomic E-state index is 0.0849. The van der Waals surface area contributed by atoms with Gasteiger partial charge in [0.15, 0.2) is 0 Å². The van der Waals surface area contributed by atoms with Gasteiger partial charge in [0.05, 0.1) is 42.1 Å². The molecular formula is C32H30F3N3O4. The van der Waals surface area contributed by atoms with Gasteiger partial charge in [-0.15, -0.1) is 0 Å². The zero-order valence-electron chi connectivity index (χ0n) is 23.6. The van der Waals surface area contributed by atoms with Crippen molar-refractivity contribution in [3.63, 3.8) is 0 Å². The van der Waals surface area contributed by atoms with Gasteiger partial charge in [0.2, 0.25) is 5.88 Å². The number of amides is 2. The van der Waals surface area contributed by atoms with Crippen LogP contribution in [0.4, 0.5) is 18.9 Å². The molecule has 2 amide bonds. The number of benzene rings is 3. The number of alkyl halides is 3. The minimum atomic E-state index is -4.45. The lowest BCUT2D eigenvalue weighted by Crippen LogP contribution is -2.31. The van der Waals surface area contributed by atoms with E-state index >= 15 is 0 Å². The molecule has 0 bridgehead atoms. The van der Waals surface area contributed by atoms with E-state index in [1.165, 1.54) is 31.3 Å². The smallest absolute Gasteiger partial charge is 0.416 e. The van der Waals surface area contributed by atoms with Crippen LogP contribution in [0.2, 0.25) is 0 Å². The van der Waals surface area contributed by atoms with Gasteiger partial charge in [0, 0.05) is 35.7 Å². The summed E-state index contributed by atoms with van der Waals surface area (Å²) >= 11 is 0. The fraction of sp³-hybridized carbons (Fsp3) is 0.281. The topological polar surface area (TPSA) is 80.8 Å². The highest BCUT2D eigenvalue weighted by molar-refractivity contribution is 6.21. The molecule has 1 aromatic heterocycles. The summed E-state index contributed by atoms with van der Waals surface area (Å²) in [6.45, 7) is 4.16. The molecule has 218 valence electrons. The van der Waals surface area contributed by atoms with Crippen LogP contribution in [0.5, 0.6) is 11.6 Å². The third kappa shape index (κ3) is 5.36. The Morgan fingerprint density at radius 2 is 1.60 bits per heavy atom. The number of hydrogen-bond acceptors (Lipinski definition) is 6. The van der Waals surface area contributed by atoms with Gasteiger partial charge in [-0.25, -0.2) is 4.98 Å². The van der Waals surface area contributed by atoms with E-state index in [2.05, 4.69) is 5.32 Å². The predicted octanol–water partition coefficient (Wildman–Crippen LogP) is 7.12. The van der Waals surface area contributed by atoms with Gasteiger partial charge in [0.25, 0.3) is 11.8 Å². The molecule has 0 fully saturated rings. The van der Waals surface area contributed by atoms with E-state index in [1.54, 1.807) is 36.4 Å². The summed E-state index contributed by atoms with van der Waals surface area (Å²) in [4.78, 5) is 31.4. The van der Waals surface area contributed by atoms with Crippen LogP contribution < -0.4 is 14.8 Å². The molecule has 42 heavy (non-hydrogen) atoms. The maximum Gasteiger partial charge on any atom is 0.416 e. The fourth-order valence-corrected chi connectivity index (χ4v) is 5.37. The summed E-state index contributed by atoms with van der Waals surface area (Å²) in [5.41, 5.74) is 3.35. The summed E-state index contributed by atoms with van der Waals surface area (Å²) in [6.07, 6.45) is -3.23. The Kier molecular flexibility index (Phi) is 7.81. The number of hydrogen-bond donors (Lipinski definition) is 1. The number of halogens is 3. The van der Waals surface area contributed by atoms with Crippen molar-refractivity contribution in [2.45, 2.75) is 38.9 Å². The molecule has 0 aliphatic carbocycles. The third-order valence-electron chi connectivity index (χ3n) is 7.45. The summed E-state index contributed by atoms with van der Waals surface area (Å²) in [5.74, 6) is 0.304. The van der Waals surface area contributed by atoms with Crippen molar-refractivity contribution < 1.29 is 32.2 Å². The van der Waals surface area contributed by atoms with E-state index in [0.717, 1.165) is 23.1 Å². The molecule has 1 aliphatic heterocycles. The number of aryl methyl sites for hydroxylation is 1. The fourth-order valence-electron chi connectivity index (χ4n) is 5.37. The first-order valence-corrected chi connectivity index (χ1v) is 13.5. The van der Waals surface area contributed by atoms with Crippen LogP contribution in [0.3, 0.4) is 0 Å². The molecule has 4 aromatic rings. The van der Waals surface area contributed by atoms with Crippen LogP contribution >= 0.6 is 0 Å². The molecule has 1 atom stereocenters. The molecule has 10 heteroatoms. The van der Waals surface area contributed by atoms with Crippen molar-refractivity contribution in [1.29, 1.82) is 0 Å². The molecule has 0 saturated heterocycles. The highest BCUT2D eigenvalue weighted by Crippen LogP contribution is 2.44. The monoisotopic (exact) mass is 577 g/mol. The minimum Gasteiger partial charge on any atom is -0.496 e. The molecule has 2 heterocycles. The van der Waals surface area contributed by atoms with Crippen molar-refractivity contribution in [3.05, 3.63) is 82.9 Å². The Morgan fingerprint density at radius 1 is 0.952 bits per heavy atom. The van der Waals surface area contributed by atoms with Crippen LogP contribution in [-0.4, -0.2) is 48.5 Å². The van der Waals surface area contributed by atoms with Crippen LogP contribution in [0, 0.1) is 6.92 Å². The van der Waals surface area contributed by atoms with E-state index in [4.69, 9.17) is 14.5 Å². The van der Waals surface area contributed by atoms with E-state index in [9.17, 15) is 22.8 Å². The largest absolute Gasteiger partial charge is 0.496 e. The first-order valence-electron chi connectivity index (χ1n) is 13.5. The molecule has 0 spiro atoms. The average Bonchev–Trinajstić information content (AvgIpc) is 3.21. The Labute approximate surface area is 241 Å². The molecule has 1 aliphatic rings. The number of pyridine rings is 1. The quantitative estimate of drug-likeness (QED) is 0.213. The van der Waals surface area contributed by atoms with Crippen molar-refractivity contribution in [2.75, 3.05) is 26.1 Å². The summed E-state index contributed by atoms with van der Waals surface area (Å²) in [6, 6.07) is 15.2. The summed E-state index contributed by atoms with van der Waals surface area (Å²) in [7, 11) is 3.03. The van der Waals surface area contributed by atoms with E-state index in [1.807, 2.05) is 13.8 Å². The van der Waals surface area contributed by atoms with Gasteiger partial charge < -0.3 is 14.8 Å². The SMILES string of the molecule is COc1cc(C)c2c(-c3ccc(C(F)(F)F)cc3)c(OC)cc(NC(C)CCCN3C(=O)c4ccccc4C3=O)c2n1. The molecular weight excluding hydrogens is 547 g/mol. The van der Waals surface area contributed by atoms with E-state index in [0.29, 0.717) is 64.5 Å². The maximum absolute atomic E-state index is 13.2. The number of fused-ring (bicyclic) bond motifs is 2. The Bertz CT molecular complexity index is 1630. The standard InChI is InChI=1S/C32H30F3N3O4/c1-18-16-26(42-4)37-29-24(17-25(41-3)28(27(18)29)20-11-13-21(14-12-20)32(33,34)35)36-19(2)8-7-15-38-30(39)22-9-5-6-10-23(22)31(38)40/h5-6,9-14,16-17,19,36H,7-8,15H2,1-4H3. The molecule has 0 saturated carbocycles. The molecule has 1 unspecified atom stereocenters. The lowest BCUT2D eigenvalue weighted by Gasteiger charge is -2.22. The van der Waals surface area contributed by atoms with Gasteiger partial charge in [-0.3, -0.25) is 14.5 Å². The average molecular weight is 578 g/mol. The van der Waals surface area contributed by atoms with Gasteiger partial charge in [-0.1, -0.05) is 24.3 Å². The summed E-state index contributed by atoms with van der Waals surface area (Å²) in [5, 5.41) is 4.19. The van der Waals surface area contributed by atoms with Crippen molar-refractivity contribution in [2.24, 2.45) is 0 Å². The molecule has 7 nitrogen and oxygen atoms in total. The van der Waals surface area contributed by atoms with Gasteiger partial charge in [-0.2, -0.15) is 13.2 Å². The molecule has 0 radical (unpaired) electrons. The third-order valence-corrected chi connectivity index (χ3v) is 7.45. The summed E-state index contributed by atoms with van der Waals surface area (Å²) < 4.78 is 50.8. The van der Waals surface area contributed by atoms with E-state index in [-0.39, 0.29) is 17.9 Å². The first kappa shape index (κ1) is 28.9. The van der Waals surface area contributed by atoms with Gasteiger partial charge >= 0.3 is 6.18 Å². The number of imide groups is 1. The van der Waals surface area contributed by atoms with Gasteiger partial charge in [-0.05, 0) is 62.1 Å². The Hall–Kier alpha value is -4.60. The lowest BCUT2D eigenvalue weighted by atomic mass is 9.94. The number of carbonyl (C=O) groups excluding carboxylic acids is 2. The van der Waals surface area contributed by atoms with Crippen LogP contribution in [0.15, 0.2) is 60.7 Å². The zero-order chi connectivity index (χ0) is 30.2. The highest BCUT2D eigenvalue weighted by atomic mass is 19.4. The number of nitrogens with one attached hydrogen (secondary N) is 1. The number of anilines is 1. The molecule has 5 rings (SSSR count). The van der Waals surface area contributed by atoms with Crippen LogP contribution in [-0.2, 0) is 6.18 Å². The molecule has 3 aromatic carbocycles. The predicted molar refractivity (Wildman–Crippen MR) is 154 cm³/mol. The van der Waals surface area contributed by atoms with Crippen LogP contribution in [0.1, 0.15) is 51.6 Å². The van der Waals surface area contributed by atoms with E-state index < -0.39 is 11.7 Å². The number of rotatable bonds is 9. The Balaban J connectivity index is 1.42. The lowest BCUT2D eigenvalue weighted by molar-refractivity contribution is -0.137. The number of ether oxygens (including phenoxy) is 2. The molecule has 1 N–H and O–H groups in total. The van der Waals surface area contributed by atoms with Crippen molar-refractivity contribution >= 4 is 28.4 Å². The number of carbonyl (C=O) groups is 2. The van der Waals surface area contributed by atoms with Crippen molar-refractivity contribution in [1.82, 2.24) is 9.88 Å². The maximum atomic E-state index is 13.2. The number of aromatic nitrogens is 1. The second-order valence-electron chi connectivity index (χ2n) is 10.3. The first-order chi connectivity index (χ1) is 20.0. The number of nitrogens with zero attached hydrogens (tertiary/aromatic N) is 2. The zero-order valence-corrected chi connectivity index (χ0v) is 23.6. The van der Waals surface area contributed by atoms with Crippen LogP contribution in [0.25, 0.3) is 22.0 Å².